The molecule has 1 aliphatic heterocycles. The van der Waals surface area contributed by atoms with Crippen molar-refractivity contribution in [1.29, 1.82) is 5.26 Å². The molecule has 1 aromatic heterocycles. The quantitative estimate of drug-likeness (QED) is 0.849. The largest absolute Gasteiger partial charge is 0.338 e. The number of piperazine rings is 1. The van der Waals surface area contributed by atoms with Crippen LogP contribution < -0.4 is 4.90 Å². The molecular formula is C18H21N5O2. The van der Waals surface area contributed by atoms with E-state index < -0.39 is 0 Å². The first-order chi connectivity index (χ1) is 12.0. The first kappa shape index (κ1) is 17.1. The van der Waals surface area contributed by atoms with Gasteiger partial charge in [-0.3, -0.25) is 9.69 Å². The molecule has 0 spiro atoms. The van der Waals surface area contributed by atoms with Crippen LogP contribution in [-0.2, 0) is 11.3 Å². The molecule has 7 nitrogen and oxygen atoms in total. The van der Waals surface area contributed by atoms with Crippen LogP contribution in [0.3, 0.4) is 0 Å². The van der Waals surface area contributed by atoms with Crippen molar-refractivity contribution in [3.8, 4) is 6.07 Å². The van der Waals surface area contributed by atoms with Gasteiger partial charge in [0.1, 0.15) is 6.07 Å². The molecule has 2 aromatic rings. The Balaban J connectivity index is 1.73. The minimum Gasteiger partial charge on any atom is -0.338 e. The Morgan fingerprint density at radius 2 is 2.16 bits per heavy atom. The van der Waals surface area contributed by atoms with E-state index in [0.29, 0.717) is 36.1 Å². The number of nitriles is 1. The van der Waals surface area contributed by atoms with Crippen LogP contribution in [0.25, 0.3) is 0 Å². The average molecular weight is 339 g/mol. The highest BCUT2D eigenvalue weighted by Crippen LogP contribution is 2.24. The first-order valence-electron chi connectivity index (χ1n) is 8.35. The van der Waals surface area contributed by atoms with Crippen molar-refractivity contribution in [3.05, 3.63) is 41.5 Å². The van der Waals surface area contributed by atoms with Crippen molar-refractivity contribution in [3.63, 3.8) is 0 Å². The topological polar surface area (TPSA) is 86.3 Å². The van der Waals surface area contributed by atoms with Gasteiger partial charge < -0.3 is 9.42 Å². The fourth-order valence-electron chi connectivity index (χ4n) is 2.88. The van der Waals surface area contributed by atoms with E-state index in [1.165, 1.54) is 0 Å². The van der Waals surface area contributed by atoms with E-state index in [9.17, 15) is 10.1 Å². The standard InChI is InChI=1S/C18H21N5O2/c1-12(2)18-20-16(25-21-18)10-22-11-17(24)23(9-13(22)3)15-7-5-4-6-14(15)8-19/h4-7,12-13H,9-11H2,1-3H3/t13-/m0/s1. The van der Waals surface area contributed by atoms with Gasteiger partial charge in [-0.15, -0.1) is 0 Å². The van der Waals surface area contributed by atoms with Gasteiger partial charge in [0.05, 0.1) is 24.3 Å². The van der Waals surface area contributed by atoms with E-state index in [-0.39, 0.29) is 24.4 Å². The number of nitrogens with zero attached hydrogens (tertiary/aromatic N) is 5. The molecule has 1 aliphatic rings. The third kappa shape index (κ3) is 3.54. The van der Waals surface area contributed by atoms with Gasteiger partial charge in [0.2, 0.25) is 11.8 Å². The van der Waals surface area contributed by atoms with E-state index in [4.69, 9.17) is 4.52 Å². The number of amides is 1. The van der Waals surface area contributed by atoms with Gasteiger partial charge in [-0.05, 0) is 19.1 Å². The van der Waals surface area contributed by atoms with E-state index in [0.717, 1.165) is 0 Å². The lowest BCUT2D eigenvalue weighted by molar-refractivity contribution is -0.122. The van der Waals surface area contributed by atoms with Crippen LogP contribution in [-0.4, -0.2) is 40.1 Å². The lowest BCUT2D eigenvalue weighted by atomic mass is 10.1. The fraction of sp³-hybridized carbons (Fsp3) is 0.444. The molecule has 0 unspecified atom stereocenters. The minimum absolute atomic E-state index is 0.0376. The second kappa shape index (κ2) is 7.03. The van der Waals surface area contributed by atoms with Gasteiger partial charge in [-0.2, -0.15) is 10.2 Å². The lowest BCUT2D eigenvalue weighted by Gasteiger charge is -2.38. The Morgan fingerprint density at radius 1 is 1.40 bits per heavy atom. The van der Waals surface area contributed by atoms with Gasteiger partial charge >= 0.3 is 0 Å². The molecule has 1 fully saturated rings. The predicted octanol–water partition coefficient (Wildman–Crippen LogP) is 2.30. The zero-order valence-corrected chi connectivity index (χ0v) is 14.6. The molecule has 3 rings (SSSR count). The summed E-state index contributed by atoms with van der Waals surface area (Å²) in [5.41, 5.74) is 1.18. The number of para-hydroxylation sites is 1. The van der Waals surface area contributed by atoms with Crippen LogP contribution in [0, 0.1) is 11.3 Å². The normalized spacial score (nSPS) is 18.6. The van der Waals surface area contributed by atoms with E-state index in [1.54, 1.807) is 17.0 Å². The fourth-order valence-corrected chi connectivity index (χ4v) is 2.88. The molecule has 0 aliphatic carbocycles. The molecule has 0 N–H and O–H groups in total. The smallest absolute Gasteiger partial charge is 0.241 e. The zero-order chi connectivity index (χ0) is 18.0. The van der Waals surface area contributed by atoms with Crippen LogP contribution in [0.4, 0.5) is 5.69 Å². The third-order valence-electron chi connectivity index (χ3n) is 4.36. The van der Waals surface area contributed by atoms with Crippen molar-refractivity contribution in [2.75, 3.05) is 18.0 Å². The highest BCUT2D eigenvalue weighted by atomic mass is 16.5. The third-order valence-corrected chi connectivity index (χ3v) is 4.36. The molecular weight excluding hydrogens is 318 g/mol. The minimum atomic E-state index is -0.0376. The summed E-state index contributed by atoms with van der Waals surface area (Å²) in [6.45, 7) is 7.27. The number of hydrogen-bond donors (Lipinski definition) is 0. The Bertz CT molecular complexity index is 808. The van der Waals surface area contributed by atoms with E-state index >= 15 is 0 Å². The van der Waals surface area contributed by atoms with Crippen LogP contribution in [0.15, 0.2) is 28.8 Å². The summed E-state index contributed by atoms with van der Waals surface area (Å²) < 4.78 is 5.29. The second-order valence-electron chi connectivity index (χ2n) is 6.59. The molecule has 0 saturated carbocycles. The maximum absolute atomic E-state index is 12.6. The molecule has 1 saturated heterocycles. The summed E-state index contributed by atoms with van der Waals surface area (Å²) >= 11 is 0. The highest BCUT2D eigenvalue weighted by molar-refractivity contribution is 5.96. The predicted molar refractivity (Wildman–Crippen MR) is 91.8 cm³/mol. The van der Waals surface area contributed by atoms with Crippen molar-refractivity contribution in [2.45, 2.75) is 39.3 Å². The number of benzene rings is 1. The Morgan fingerprint density at radius 3 is 2.84 bits per heavy atom. The van der Waals surface area contributed by atoms with Gasteiger partial charge in [0.25, 0.3) is 0 Å². The summed E-state index contributed by atoms with van der Waals surface area (Å²) in [6.07, 6.45) is 0. The Kier molecular flexibility index (Phi) is 4.81. The first-order valence-corrected chi connectivity index (χ1v) is 8.35. The maximum atomic E-state index is 12.6. The van der Waals surface area contributed by atoms with Crippen LogP contribution in [0.1, 0.15) is 44.0 Å². The van der Waals surface area contributed by atoms with E-state index in [2.05, 4.69) is 16.2 Å². The lowest BCUT2D eigenvalue weighted by Crippen LogP contribution is -2.55. The molecule has 130 valence electrons. The van der Waals surface area contributed by atoms with Crippen LogP contribution >= 0.6 is 0 Å². The molecule has 7 heteroatoms. The Labute approximate surface area is 146 Å². The monoisotopic (exact) mass is 339 g/mol. The molecule has 0 bridgehead atoms. The summed E-state index contributed by atoms with van der Waals surface area (Å²) in [5.74, 6) is 1.37. The molecule has 1 atom stereocenters. The van der Waals surface area contributed by atoms with E-state index in [1.807, 2.05) is 37.8 Å². The number of anilines is 1. The second-order valence-corrected chi connectivity index (χ2v) is 6.59. The molecule has 1 amide bonds. The summed E-state index contributed by atoms with van der Waals surface area (Å²) in [6, 6.07) is 9.44. The summed E-state index contributed by atoms with van der Waals surface area (Å²) in [4.78, 5) is 20.7. The molecule has 1 aromatic carbocycles. The van der Waals surface area contributed by atoms with Gasteiger partial charge in [-0.1, -0.05) is 31.1 Å². The number of aromatic nitrogens is 2. The number of rotatable bonds is 4. The van der Waals surface area contributed by atoms with Crippen LogP contribution in [0.2, 0.25) is 0 Å². The molecule has 0 radical (unpaired) electrons. The molecule has 2 heterocycles. The zero-order valence-electron chi connectivity index (χ0n) is 14.6. The highest BCUT2D eigenvalue weighted by Gasteiger charge is 2.32. The Hall–Kier alpha value is -2.72. The van der Waals surface area contributed by atoms with Gasteiger partial charge in [0, 0.05) is 18.5 Å². The SMILES string of the molecule is CC(C)c1noc(CN2CC(=O)N(c3ccccc3C#N)C[C@@H]2C)n1. The van der Waals surface area contributed by atoms with Crippen molar-refractivity contribution in [2.24, 2.45) is 0 Å². The molecule has 25 heavy (non-hydrogen) atoms. The number of hydrogen-bond acceptors (Lipinski definition) is 6. The summed E-state index contributed by atoms with van der Waals surface area (Å²) in [5, 5.41) is 13.2. The number of carbonyl (C=O) groups is 1. The number of carbonyl (C=O) groups excluding carboxylic acids is 1. The van der Waals surface area contributed by atoms with Gasteiger partial charge in [-0.25, -0.2) is 0 Å². The van der Waals surface area contributed by atoms with Crippen molar-refractivity contribution >= 4 is 11.6 Å². The van der Waals surface area contributed by atoms with Crippen molar-refractivity contribution < 1.29 is 9.32 Å². The average Bonchev–Trinajstić information content (AvgIpc) is 3.07. The van der Waals surface area contributed by atoms with Gasteiger partial charge in [0.15, 0.2) is 5.82 Å². The van der Waals surface area contributed by atoms with Crippen LogP contribution in [0.5, 0.6) is 0 Å². The maximum Gasteiger partial charge on any atom is 0.241 e. The van der Waals surface area contributed by atoms with Crippen molar-refractivity contribution in [1.82, 2.24) is 15.0 Å². The summed E-state index contributed by atoms with van der Waals surface area (Å²) in [7, 11) is 0.